The van der Waals surface area contributed by atoms with Crippen LogP contribution in [0.25, 0.3) is 0 Å². The molecule has 0 radical (unpaired) electrons. The van der Waals surface area contributed by atoms with Crippen LogP contribution in [-0.4, -0.2) is 36.2 Å². The Hall–Kier alpha value is -2.24. The lowest BCUT2D eigenvalue weighted by molar-refractivity contribution is -0.140. The first-order chi connectivity index (χ1) is 10.9. The molecule has 1 aromatic carbocycles. The highest BCUT2D eigenvalue weighted by Gasteiger charge is 2.24. The van der Waals surface area contributed by atoms with Gasteiger partial charge < -0.3 is 19.9 Å². The summed E-state index contributed by atoms with van der Waals surface area (Å²) in [4.78, 5) is 23.5. The summed E-state index contributed by atoms with van der Waals surface area (Å²) in [5.41, 5.74) is 0.337. The summed E-state index contributed by atoms with van der Waals surface area (Å²) in [5.74, 6) is -0.667. The maximum absolute atomic E-state index is 12.3. The molecule has 0 bridgehead atoms. The number of rotatable bonds is 9. The number of ether oxygens (including phenoxy) is 2. The first-order valence-electron chi connectivity index (χ1n) is 7.84. The molecule has 0 aliphatic carbocycles. The third-order valence-corrected chi connectivity index (χ3v) is 3.19. The SMILES string of the molecule is CCCOc1ccc(C(=O)N[C@@H](C(=O)O)C(C)C)cc1OCC. The second-order valence-corrected chi connectivity index (χ2v) is 5.48. The molecule has 1 aromatic rings. The largest absolute Gasteiger partial charge is 0.490 e. The first-order valence-corrected chi connectivity index (χ1v) is 7.84. The molecular formula is C17H25NO5. The lowest BCUT2D eigenvalue weighted by atomic mass is 10.0. The maximum atomic E-state index is 12.3. The van der Waals surface area contributed by atoms with E-state index in [1.54, 1.807) is 32.0 Å². The lowest BCUT2D eigenvalue weighted by Crippen LogP contribution is -2.44. The molecule has 0 saturated heterocycles. The van der Waals surface area contributed by atoms with Crippen molar-refractivity contribution in [3.8, 4) is 11.5 Å². The molecule has 128 valence electrons. The molecule has 1 atom stereocenters. The van der Waals surface area contributed by atoms with Crippen LogP contribution in [0.2, 0.25) is 0 Å². The van der Waals surface area contributed by atoms with E-state index in [0.29, 0.717) is 30.3 Å². The standard InChI is InChI=1S/C17H25NO5/c1-5-9-23-13-8-7-12(10-14(13)22-6-2)16(19)18-15(11(3)4)17(20)21/h7-8,10-11,15H,5-6,9H2,1-4H3,(H,18,19)(H,20,21)/t15-/m1/s1. The molecule has 0 aliphatic heterocycles. The predicted molar refractivity (Wildman–Crippen MR) is 87.1 cm³/mol. The maximum Gasteiger partial charge on any atom is 0.326 e. The molecule has 6 heteroatoms. The van der Waals surface area contributed by atoms with Gasteiger partial charge in [-0.1, -0.05) is 20.8 Å². The molecule has 0 aromatic heterocycles. The van der Waals surface area contributed by atoms with Crippen LogP contribution < -0.4 is 14.8 Å². The molecule has 0 aliphatic rings. The van der Waals surface area contributed by atoms with Crippen molar-refractivity contribution in [1.82, 2.24) is 5.32 Å². The van der Waals surface area contributed by atoms with Gasteiger partial charge in [-0.15, -0.1) is 0 Å². The molecule has 0 unspecified atom stereocenters. The number of aliphatic carboxylic acids is 1. The number of amides is 1. The molecule has 23 heavy (non-hydrogen) atoms. The second-order valence-electron chi connectivity index (χ2n) is 5.48. The lowest BCUT2D eigenvalue weighted by Gasteiger charge is -2.18. The third-order valence-electron chi connectivity index (χ3n) is 3.19. The molecule has 0 saturated carbocycles. The van der Waals surface area contributed by atoms with Crippen molar-refractivity contribution in [1.29, 1.82) is 0 Å². The van der Waals surface area contributed by atoms with Gasteiger partial charge in [0, 0.05) is 5.56 Å². The number of nitrogens with one attached hydrogen (secondary N) is 1. The van der Waals surface area contributed by atoms with E-state index in [2.05, 4.69) is 5.32 Å². The highest BCUT2D eigenvalue weighted by molar-refractivity contribution is 5.97. The fraction of sp³-hybridized carbons (Fsp3) is 0.529. The Labute approximate surface area is 136 Å². The Morgan fingerprint density at radius 2 is 1.87 bits per heavy atom. The van der Waals surface area contributed by atoms with Crippen molar-refractivity contribution in [2.45, 2.75) is 40.2 Å². The van der Waals surface area contributed by atoms with Gasteiger partial charge in [-0.05, 0) is 37.5 Å². The highest BCUT2D eigenvalue weighted by atomic mass is 16.5. The van der Waals surface area contributed by atoms with Gasteiger partial charge in [-0.2, -0.15) is 0 Å². The molecule has 1 rings (SSSR count). The average molecular weight is 323 g/mol. The number of hydrogen-bond donors (Lipinski definition) is 2. The number of carbonyl (C=O) groups excluding carboxylic acids is 1. The first kappa shape index (κ1) is 18.8. The summed E-state index contributed by atoms with van der Waals surface area (Å²) >= 11 is 0. The quantitative estimate of drug-likeness (QED) is 0.730. The third kappa shape index (κ3) is 5.47. The van der Waals surface area contributed by atoms with Crippen LogP contribution >= 0.6 is 0 Å². The summed E-state index contributed by atoms with van der Waals surface area (Å²) in [6.07, 6.45) is 0.864. The van der Waals surface area contributed by atoms with Crippen LogP contribution in [0.3, 0.4) is 0 Å². The van der Waals surface area contributed by atoms with E-state index in [1.165, 1.54) is 0 Å². The summed E-state index contributed by atoms with van der Waals surface area (Å²) in [6.45, 7) is 8.33. The van der Waals surface area contributed by atoms with Crippen LogP contribution in [0, 0.1) is 5.92 Å². The van der Waals surface area contributed by atoms with Crippen LogP contribution in [0.1, 0.15) is 44.5 Å². The van der Waals surface area contributed by atoms with Gasteiger partial charge in [0.05, 0.1) is 13.2 Å². The Balaban J connectivity index is 2.96. The van der Waals surface area contributed by atoms with Crippen molar-refractivity contribution >= 4 is 11.9 Å². The summed E-state index contributed by atoms with van der Waals surface area (Å²) in [5, 5.41) is 11.7. The average Bonchev–Trinajstić information content (AvgIpc) is 2.50. The Morgan fingerprint density at radius 1 is 1.17 bits per heavy atom. The number of carboxylic acids is 1. The van der Waals surface area contributed by atoms with Gasteiger partial charge in [-0.25, -0.2) is 4.79 Å². The molecule has 0 heterocycles. The highest BCUT2D eigenvalue weighted by Crippen LogP contribution is 2.28. The Kier molecular flexibility index (Phi) is 7.38. The van der Waals surface area contributed by atoms with E-state index >= 15 is 0 Å². The zero-order chi connectivity index (χ0) is 17.4. The summed E-state index contributed by atoms with van der Waals surface area (Å²) in [7, 11) is 0. The number of benzene rings is 1. The van der Waals surface area contributed by atoms with Gasteiger partial charge in [0.1, 0.15) is 6.04 Å². The number of hydrogen-bond acceptors (Lipinski definition) is 4. The van der Waals surface area contributed by atoms with Crippen LogP contribution in [0.4, 0.5) is 0 Å². The van der Waals surface area contributed by atoms with Gasteiger partial charge in [0.2, 0.25) is 0 Å². The monoisotopic (exact) mass is 323 g/mol. The number of carboxylic acid groups (broad SMARTS) is 1. The Morgan fingerprint density at radius 3 is 2.39 bits per heavy atom. The van der Waals surface area contributed by atoms with Gasteiger partial charge in [0.25, 0.3) is 5.91 Å². The van der Waals surface area contributed by atoms with E-state index in [9.17, 15) is 9.59 Å². The second kappa shape index (κ2) is 9.02. The minimum Gasteiger partial charge on any atom is -0.490 e. The topological polar surface area (TPSA) is 84.9 Å². The fourth-order valence-corrected chi connectivity index (χ4v) is 1.99. The molecule has 2 N–H and O–H groups in total. The fourth-order valence-electron chi connectivity index (χ4n) is 1.99. The van der Waals surface area contributed by atoms with E-state index in [4.69, 9.17) is 14.6 Å². The smallest absolute Gasteiger partial charge is 0.326 e. The minimum atomic E-state index is -1.05. The van der Waals surface area contributed by atoms with Gasteiger partial charge >= 0.3 is 5.97 Å². The van der Waals surface area contributed by atoms with Crippen molar-refractivity contribution in [3.05, 3.63) is 23.8 Å². The Bertz CT molecular complexity index is 542. The van der Waals surface area contributed by atoms with Crippen molar-refractivity contribution < 1.29 is 24.2 Å². The zero-order valence-corrected chi connectivity index (χ0v) is 14.1. The van der Waals surface area contributed by atoms with Gasteiger partial charge in [-0.3, -0.25) is 4.79 Å². The number of carbonyl (C=O) groups is 2. The minimum absolute atomic E-state index is 0.213. The predicted octanol–water partition coefficient (Wildman–Crippen LogP) is 2.71. The van der Waals surface area contributed by atoms with Gasteiger partial charge in [0.15, 0.2) is 11.5 Å². The van der Waals surface area contributed by atoms with Crippen molar-refractivity contribution in [2.75, 3.05) is 13.2 Å². The van der Waals surface area contributed by atoms with Crippen molar-refractivity contribution in [3.63, 3.8) is 0 Å². The summed E-state index contributed by atoms with van der Waals surface area (Å²) in [6, 6.07) is 3.90. The van der Waals surface area contributed by atoms with E-state index in [1.807, 2.05) is 13.8 Å². The van der Waals surface area contributed by atoms with E-state index in [-0.39, 0.29) is 5.92 Å². The summed E-state index contributed by atoms with van der Waals surface area (Å²) < 4.78 is 11.1. The van der Waals surface area contributed by atoms with Crippen molar-refractivity contribution in [2.24, 2.45) is 5.92 Å². The molecule has 0 fully saturated rings. The van der Waals surface area contributed by atoms with Crippen LogP contribution in [0.15, 0.2) is 18.2 Å². The molecule has 1 amide bonds. The van der Waals surface area contributed by atoms with Crippen LogP contribution in [0.5, 0.6) is 11.5 Å². The van der Waals surface area contributed by atoms with Crippen LogP contribution in [-0.2, 0) is 4.79 Å². The molecular weight excluding hydrogens is 298 g/mol. The normalized spacial score (nSPS) is 11.9. The zero-order valence-electron chi connectivity index (χ0n) is 14.1. The molecule has 6 nitrogen and oxygen atoms in total. The molecule has 0 spiro atoms. The van der Waals surface area contributed by atoms with E-state index < -0.39 is 17.9 Å². The van der Waals surface area contributed by atoms with E-state index in [0.717, 1.165) is 6.42 Å².